The second-order valence-electron chi connectivity index (χ2n) is 4.00. The van der Waals surface area contributed by atoms with Crippen LogP contribution < -0.4 is 11.0 Å². The zero-order valence-electron chi connectivity index (χ0n) is 8.44. The predicted molar refractivity (Wildman–Crippen MR) is 58.8 cm³/mol. The first-order valence-electron chi connectivity index (χ1n) is 5.34. The second-order valence-corrected chi connectivity index (χ2v) is 4.00. The van der Waals surface area contributed by atoms with Gasteiger partial charge < -0.3 is 0 Å². The second kappa shape index (κ2) is 3.77. The van der Waals surface area contributed by atoms with Crippen LogP contribution in [0.25, 0.3) is 6.08 Å². The highest BCUT2D eigenvalue weighted by Crippen LogP contribution is 2.33. The van der Waals surface area contributed by atoms with Gasteiger partial charge in [-0.25, -0.2) is 5.43 Å². The molecule has 2 atom stereocenters. The van der Waals surface area contributed by atoms with Crippen LogP contribution in [0.1, 0.15) is 23.5 Å². The van der Waals surface area contributed by atoms with Gasteiger partial charge in [-0.15, -0.1) is 5.59 Å². The van der Waals surface area contributed by atoms with E-state index >= 15 is 0 Å². The Morgan fingerprint density at radius 3 is 3.07 bits per heavy atom. The van der Waals surface area contributed by atoms with Crippen molar-refractivity contribution in [2.45, 2.75) is 18.4 Å². The van der Waals surface area contributed by atoms with Crippen molar-refractivity contribution in [1.29, 1.82) is 0 Å². The van der Waals surface area contributed by atoms with E-state index in [1.807, 2.05) is 0 Å². The molecule has 1 heterocycles. The molecule has 1 fully saturated rings. The van der Waals surface area contributed by atoms with E-state index in [0.29, 0.717) is 12.0 Å². The first-order valence-corrected chi connectivity index (χ1v) is 5.34. The molecule has 3 rings (SSSR count). The fourth-order valence-electron chi connectivity index (χ4n) is 2.32. The SMILES string of the molecule is C1=CC(C2CCONN2)c2ccccc21. The summed E-state index contributed by atoms with van der Waals surface area (Å²) in [7, 11) is 0. The molecule has 1 aromatic carbocycles. The third-order valence-corrected chi connectivity index (χ3v) is 3.12. The highest BCUT2D eigenvalue weighted by atomic mass is 16.7. The smallest absolute Gasteiger partial charge is 0.0714 e. The fraction of sp³-hybridized carbons (Fsp3) is 0.333. The Balaban J connectivity index is 1.86. The molecule has 3 nitrogen and oxygen atoms in total. The maximum Gasteiger partial charge on any atom is 0.0714 e. The van der Waals surface area contributed by atoms with Gasteiger partial charge in [-0.3, -0.25) is 4.84 Å². The van der Waals surface area contributed by atoms with Gasteiger partial charge in [0, 0.05) is 12.0 Å². The Morgan fingerprint density at radius 2 is 2.20 bits per heavy atom. The van der Waals surface area contributed by atoms with Gasteiger partial charge in [0.05, 0.1) is 6.61 Å². The first kappa shape index (κ1) is 9.09. The minimum Gasteiger partial charge on any atom is -0.287 e. The molecule has 2 N–H and O–H groups in total. The molecule has 78 valence electrons. The summed E-state index contributed by atoms with van der Waals surface area (Å²) < 4.78 is 0. The number of benzene rings is 1. The monoisotopic (exact) mass is 202 g/mol. The maximum atomic E-state index is 5.06. The van der Waals surface area contributed by atoms with Gasteiger partial charge in [0.25, 0.3) is 0 Å². The van der Waals surface area contributed by atoms with Gasteiger partial charge in [0.2, 0.25) is 0 Å². The molecule has 0 amide bonds. The van der Waals surface area contributed by atoms with E-state index in [9.17, 15) is 0 Å². The number of fused-ring (bicyclic) bond motifs is 1. The Labute approximate surface area is 89.1 Å². The van der Waals surface area contributed by atoms with Crippen LogP contribution in [0.3, 0.4) is 0 Å². The van der Waals surface area contributed by atoms with Crippen molar-refractivity contribution in [2.75, 3.05) is 6.61 Å². The third-order valence-electron chi connectivity index (χ3n) is 3.12. The fourth-order valence-corrected chi connectivity index (χ4v) is 2.32. The van der Waals surface area contributed by atoms with Crippen molar-refractivity contribution in [3.63, 3.8) is 0 Å². The average Bonchev–Trinajstić information content (AvgIpc) is 2.74. The van der Waals surface area contributed by atoms with Crippen molar-refractivity contribution in [2.24, 2.45) is 0 Å². The molecular weight excluding hydrogens is 188 g/mol. The summed E-state index contributed by atoms with van der Waals surface area (Å²) in [6.45, 7) is 0.768. The van der Waals surface area contributed by atoms with Gasteiger partial charge >= 0.3 is 0 Å². The molecule has 0 saturated carbocycles. The number of nitrogens with one attached hydrogen (secondary N) is 2. The van der Waals surface area contributed by atoms with Crippen LogP contribution in [0.5, 0.6) is 0 Å². The van der Waals surface area contributed by atoms with Gasteiger partial charge in [-0.1, -0.05) is 36.4 Å². The molecule has 3 heteroatoms. The average molecular weight is 202 g/mol. The van der Waals surface area contributed by atoms with E-state index in [1.165, 1.54) is 11.1 Å². The standard InChI is InChI=1S/C12H14N2O/c1-2-4-10-9(3-1)5-6-11(10)12-7-8-15-14-13-12/h1-6,11-14H,7-8H2. The van der Waals surface area contributed by atoms with Crippen LogP contribution in [0.2, 0.25) is 0 Å². The molecule has 2 unspecified atom stereocenters. The van der Waals surface area contributed by atoms with Crippen molar-refractivity contribution in [3.05, 3.63) is 41.5 Å². The molecule has 1 aliphatic heterocycles. The van der Waals surface area contributed by atoms with Crippen LogP contribution in [-0.2, 0) is 4.84 Å². The van der Waals surface area contributed by atoms with Crippen LogP contribution in [-0.4, -0.2) is 12.6 Å². The summed E-state index contributed by atoms with van der Waals surface area (Å²) >= 11 is 0. The Hall–Kier alpha value is -1.16. The van der Waals surface area contributed by atoms with Crippen molar-refractivity contribution >= 4 is 6.08 Å². The molecule has 1 aliphatic carbocycles. The third kappa shape index (κ3) is 1.59. The summed E-state index contributed by atoms with van der Waals surface area (Å²) in [6, 6.07) is 8.99. The van der Waals surface area contributed by atoms with E-state index < -0.39 is 0 Å². The zero-order chi connectivity index (χ0) is 10.1. The normalized spacial score (nSPS) is 29.1. The van der Waals surface area contributed by atoms with Crippen molar-refractivity contribution < 1.29 is 4.84 Å². The largest absolute Gasteiger partial charge is 0.287 e. The lowest BCUT2D eigenvalue weighted by molar-refractivity contribution is -0.0396. The van der Waals surface area contributed by atoms with Crippen LogP contribution in [0.15, 0.2) is 30.3 Å². The molecule has 1 saturated heterocycles. The lowest BCUT2D eigenvalue weighted by Crippen LogP contribution is -2.48. The zero-order valence-corrected chi connectivity index (χ0v) is 8.44. The first-order chi connectivity index (χ1) is 7.45. The van der Waals surface area contributed by atoms with E-state index in [1.54, 1.807) is 0 Å². The quantitative estimate of drug-likeness (QED) is 0.725. The molecule has 1 aromatic rings. The van der Waals surface area contributed by atoms with E-state index in [2.05, 4.69) is 47.4 Å². The molecule has 15 heavy (non-hydrogen) atoms. The van der Waals surface area contributed by atoms with Crippen LogP contribution >= 0.6 is 0 Å². The minimum atomic E-state index is 0.429. The number of hydrazine groups is 1. The maximum absolute atomic E-state index is 5.06. The molecule has 0 bridgehead atoms. The summed E-state index contributed by atoms with van der Waals surface area (Å²) in [6.07, 6.45) is 5.52. The highest BCUT2D eigenvalue weighted by molar-refractivity contribution is 5.62. The lowest BCUT2D eigenvalue weighted by atomic mass is 9.92. The number of hydrogen-bond donors (Lipinski definition) is 2. The minimum absolute atomic E-state index is 0.429. The molecule has 0 aromatic heterocycles. The van der Waals surface area contributed by atoms with Crippen LogP contribution in [0.4, 0.5) is 0 Å². The molecule has 2 aliphatic rings. The Kier molecular flexibility index (Phi) is 2.29. The Morgan fingerprint density at radius 1 is 1.27 bits per heavy atom. The Bertz CT molecular complexity index is 383. The van der Waals surface area contributed by atoms with Crippen LogP contribution in [0, 0.1) is 0 Å². The predicted octanol–water partition coefficient (Wildman–Crippen LogP) is 1.60. The summed E-state index contributed by atoms with van der Waals surface area (Å²) in [5, 5.41) is 0. The van der Waals surface area contributed by atoms with Gasteiger partial charge in [0.15, 0.2) is 0 Å². The van der Waals surface area contributed by atoms with E-state index in [0.717, 1.165) is 13.0 Å². The van der Waals surface area contributed by atoms with Gasteiger partial charge in [-0.2, -0.15) is 0 Å². The van der Waals surface area contributed by atoms with Gasteiger partial charge in [-0.05, 0) is 17.5 Å². The van der Waals surface area contributed by atoms with Crippen molar-refractivity contribution in [3.8, 4) is 0 Å². The lowest BCUT2D eigenvalue weighted by Gasteiger charge is -2.28. The molecule has 0 spiro atoms. The summed E-state index contributed by atoms with van der Waals surface area (Å²) in [5.74, 6) is 0.470. The highest BCUT2D eigenvalue weighted by Gasteiger charge is 2.27. The number of hydrogen-bond acceptors (Lipinski definition) is 3. The summed E-state index contributed by atoms with van der Waals surface area (Å²) in [5.41, 5.74) is 8.70. The van der Waals surface area contributed by atoms with E-state index in [-0.39, 0.29) is 0 Å². The van der Waals surface area contributed by atoms with Gasteiger partial charge in [0.1, 0.15) is 0 Å². The van der Waals surface area contributed by atoms with E-state index in [4.69, 9.17) is 4.84 Å². The van der Waals surface area contributed by atoms with Crippen molar-refractivity contribution in [1.82, 2.24) is 11.0 Å². The topological polar surface area (TPSA) is 33.3 Å². The molecular formula is C12H14N2O. The number of rotatable bonds is 1. The molecule has 0 radical (unpaired) electrons. The summed E-state index contributed by atoms with van der Waals surface area (Å²) in [4.78, 5) is 5.06.